The Bertz CT molecular complexity index is 325. The zero-order valence-corrected chi connectivity index (χ0v) is 11.3. The van der Waals surface area contributed by atoms with Crippen molar-refractivity contribution < 1.29 is 0 Å². The predicted molar refractivity (Wildman–Crippen MR) is 71.5 cm³/mol. The molecular formula is C13H22ClN3. The van der Waals surface area contributed by atoms with Crippen molar-refractivity contribution in [2.24, 2.45) is 0 Å². The fourth-order valence-corrected chi connectivity index (χ4v) is 2.10. The largest absolute Gasteiger partial charge is 0.314 e. The van der Waals surface area contributed by atoms with Gasteiger partial charge in [0, 0.05) is 18.8 Å². The van der Waals surface area contributed by atoms with Crippen LogP contribution in [-0.2, 0) is 6.54 Å². The molecule has 17 heavy (non-hydrogen) atoms. The van der Waals surface area contributed by atoms with Crippen molar-refractivity contribution in [3.63, 3.8) is 0 Å². The number of nitrogens with zero attached hydrogens (tertiary/aromatic N) is 2. The molecule has 1 aliphatic carbocycles. The molecule has 0 amide bonds. The summed E-state index contributed by atoms with van der Waals surface area (Å²) in [7, 11) is 0. The molecule has 0 bridgehead atoms. The fraction of sp³-hybridized carbons (Fsp3) is 0.769. The molecule has 1 saturated carbocycles. The normalized spacial score (nSPS) is 15.4. The smallest absolute Gasteiger partial charge is 0.0814 e. The van der Waals surface area contributed by atoms with Crippen LogP contribution in [0.1, 0.15) is 44.2 Å². The van der Waals surface area contributed by atoms with Crippen molar-refractivity contribution in [2.45, 2.75) is 58.0 Å². The molecule has 0 atom stereocenters. The van der Waals surface area contributed by atoms with E-state index < -0.39 is 0 Å². The lowest BCUT2D eigenvalue weighted by molar-refractivity contribution is 0.522. The van der Waals surface area contributed by atoms with Gasteiger partial charge < -0.3 is 5.32 Å². The molecule has 0 aliphatic heterocycles. The number of aryl methyl sites for hydroxylation is 2. The lowest BCUT2D eigenvalue weighted by Crippen LogP contribution is -2.17. The van der Waals surface area contributed by atoms with Crippen LogP contribution in [0.3, 0.4) is 0 Å². The first kappa shape index (κ1) is 12.9. The van der Waals surface area contributed by atoms with E-state index in [4.69, 9.17) is 11.6 Å². The Morgan fingerprint density at radius 3 is 2.76 bits per heavy atom. The summed E-state index contributed by atoms with van der Waals surface area (Å²) in [5, 5.41) is 8.67. The van der Waals surface area contributed by atoms with E-state index in [1.807, 2.05) is 17.8 Å². The van der Waals surface area contributed by atoms with Gasteiger partial charge in [0.05, 0.1) is 10.7 Å². The molecule has 0 saturated heterocycles. The fourth-order valence-electron chi connectivity index (χ4n) is 1.95. The Morgan fingerprint density at radius 2 is 2.12 bits per heavy atom. The second kappa shape index (κ2) is 6.41. The SMILES string of the molecule is Cc1nn(CCCCCCNC2CC2)cc1Cl. The maximum absolute atomic E-state index is 5.95. The van der Waals surface area contributed by atoms with Crippen molar-refractivity contribution in [1.82, 2.24) is 15.1 Å². The van der Waals surface area contributed by atoms with Crippen LogP contribution in [0.5, 0.6) is 0 Å². The first-order valence-electron chi connectivity index (χ1n) is 6.68. The number of hydrogen-bond acceptors (Lipinski definition) is 2. The highest BCUT2D eigenvalue weighted by Gasteiger charge is 2.19. The van der Waals surface area contributed by atoms with E-state index in [2.05, 4.69) is 10.4 Å². The van der Waals surface area contributed by atoms with Crippen LogP contribution in [0.15, 0.2) is 6.20 Å². The van der Waals surface area contributed by atoms with E-state index in [-0.39, 0.29) is 0 Å². The maximum atomic E-state index is 5.95. The third kappa shape index (κ3) is 4.68. The van der Waals surface area contributed by atoms with Crippen molar-refractivity contribution >= 4 is 11.6 Å². The monoisotopic (exact) mass is 255 g/mol. The average Bonchev–Trinajstić information content (AvgIpc) is 3.06. The highest BCUT2D eigenvalue weighted by molar-refractivity contribution is 6.31. The van der Waals surface area contributed by atoms with Crippen LogP contribution in [0.25, 0.3) is 0 Å². The van der Waals surface area contributed by atoms with Crippen molar-refractivity contribution in [2.75, 3.05) is 6.54 Å². The Labute approximate surface area is 109 Å². The molecule has 1 heterocycles. The van der Waals surface area contributed by atoms with E-state index in [0.29, 0.717) is 0 Å². The lowest BCUT2D eigenvalue weighted by atomic mass is 10.2. The summed E-state index contributed by atoms with van der Waals surface area (Å²) < 4.78 is 1.96. The number of nitrogens with one attached hydrogen (secondary N) is 1. The van der Waals surface area contributed by atoms with E-state index in [1.165, 1.54) is 45.1 Å². The topological polar surface area (TPSA) is 29.9 Å². The molecule has 1 fully saturated rings. The third-order valence-electron chi connectivity index (χ3n) is 3.21. The Kier molecular flexibility index (Phi) is 4.86. The lowest BCUT2D eigenvalue weighted by Gasteiger charge is -2.03. The Balaban J connectivity index is 1.47. The molecule has 1 N–H and O–H groups in total. The minimum absolute atomic E-state index is 0.777. The van der Waals surface area contributed by atoms with Gasteiger partial charge in [-0.2, -0.15) is 5.10 Å². The van der Waals surface area contributed by atoms with Crippen LogP contribution in [0.2, 0.25) is 5.02 Å². The van der Waals surface area contributed by atoms with Crippen LogP contribution in [0.4, 0.5) is 0 Å². The van der Waals surface area contributed by atoms with Crippen LogP contribution in [0, 0.1) is 6.92 Å². The molecule has 0 spiro atoms. The molecule has 96 valence electrons. The van der Waals surface area contributed by atoms with Crippen molar-refractivity contribution in [3.05, 3.63) is 16.9 Å². The van der Waals surface area contributed by atoms with Crippen molar-refractivity contribution in [3.8, 4) is 0 Å². The minimum atomic E-state index is 0.777. The molecule has 3 nitrogen and oxygen atoms in total. The summed E-state index contributed by atoms with van der Waals surface area (Å²) in [4.78, 5) is 0. The average molecular weight is 256 g/mol. The number of halogens is 1. The summed E-state index contributed by atoms with van der Waals surface area (Å²) in [6, 6.07) is 0.851. The molecule has 4 heteroatoms. The van der Waals surface area contributed by atoms with Crippen LogP contribution < -0.4 is 5.32 Å². The van der Waals surface area contributed by atoms with Gasteiger partial charge in [-0.15, -0.1) is 0 Å². The molecule has 0 aromatic carbocycles. The second-order valence-electron chi connectivity index (χ2n) is 4.97. The van der Waals surface area contributed by atoms with Gasteiger partial charge in [-0.25, -0.2) is 0 Å². The highest BCUT2D eigenvalue weighted by Crippen LogP contribution is 2.18. The minimum Gasteiger partial charge on any atom is -0.314 e. The summed E-state index contributed by atoms with van der Waals surface area (Å²) >= 11 is 5.95. The first-order chi connectivity index (χ1) is 8.25. The van der Waals surface area contributed by atoms with Gasteiger partial charge in [0.25, 0.3) is 0 Å². The summed E-state index contributed by atoms with van der Waals surface area (Å²) in [6.07, 6.45) is 9.79. The number of hydrogen-bond donors (Lipinski definition) is 1. The zero-order chi connectivity index (χ0) is 12.1. The van der Waals surface area contributed by atoms with Gasteiger partial charge in [-0.1, -0.05) is 24.4 Å². The summed E-state index contributed by atoms with van der Waals surface area (Å²) in [5.74, 6) is 0. The van der Waals surface area contributed by atoms with Crippen molar-refractivity contribution in [1.29, 1.82) is 0 Å². The van der Waals surface area contributed by atoms with Crippen LogP contribution in [-0.4, -0.2) is 22.4 Å². The molecular weight excluding hydrogens is 234 g/mol. The standard InChI is InChI=1S/C13H22ClN3/c1-11-13(14)10-17(16-11)9-5-3-2-4-8-15-12-6-7-12/h10,12,15H,2-9H2,1H3. The Hall–Kier alpha value is -0.540. The summed E-state index contributed by atoms with van der Waals surface area (Å²) in [5.41, 5.74) is 0.931. The van der Waals surface area contributed by atoms with Crippen LogP contribution >= 0.6 is 11.6 Å². The molecule has 1 aromatic heterocycles. The van der Waals surface area contributed by atoms with Gasteiger partial charge in [0.15, 0.2) is 0 Å². The van der Waals surface area contributed by atoms with E-state index >= 15 is 0 Å². The van der Waals surface area contributed by atoms with Gasteiger partial charge in [0.2, 0.25) is 0 Å². The molecule has 2 rings (SSSR count). The molecule has 0 unspecified atom stereocenters. The highest BCUT2D eigenvalue weighted by atomic mass is 35.5. The number of unbranched alkanes of at least 4 members (excludes halogenated alkanes) is 3. The molecule has 1 aliphatic rings. The number of rotatable bonds is 8. The van der Waals surface area contributed by atoms with Gasteiger partial charge in [0.1, 0.15) is 0 Å². The van der Waals surface area contributed by atoms with Gasteiger partial charge in [-0.05, 0) is 39.2 Å². The predicted octanol–water partition coefficient (Wildman–Crippen LogP) is 3.16. The van der Waals surface area contributed by atoms with E-state index in [0.717, 1.165) is 23.3 Å². The Morgan fingerprint density at radius 1 is 1.35 bits per heavy atom. The van der Waals surface area contributed by atoms with Gasteiger partial charge >= 0.3 is 0 Å². The molecule has 0 radical (unpaired) electrons. The van der Waals surface area contributed by atoms with Gasteiger partial charge in [-0.3, -0.25) is 4.68 Å². The second-order valence-corrected chi connectivity index (χ2v) is 5.38. The third-order valence-corrected chi connectivity index (χ3v) is 3.58. The summed E-state index contributed by atoms with van der Waals surface area (Å²) in [6.45, 7) is 4.13. The maximum Gasteiger partial charge on any atom is 0.0814 e. The number of aromatic nitrogens is 2. The quantitative estimate of drug-likeness (QED) is 0.724. The zero-order valence-electron chi connectivity index (χ0n) is 10.6. The van der Waals surface area contributed by atoms with E-state index in [1.54, 1.807) is 0 Å². The first-order valence-corrected chi connectivity index (χ1v) is 7.06. The van der Waals surface area contributed by atoms with E-state index in [9.17, 15) is 0 Å². The molecule has 1 aromatic rings.